The van der Waals surface area contributed by atoms with Crippen molar-refractivity contribution in [3.05, 3.63) is 65.2 Å². The van der Waals surface area contributed by atoms with Gasteiger partial charge in [-0.2, -0.15) is 4.98 Å². The topological polar surface area (TPSA) is 92.8 Å². The van der Waals surface area contributed by atoms with Crippen molar-refractivity contribution in [2.24, 2.45) is 0 Å². The molecule has 140 valence electrons. The highest BCUT2D eigenvalue weighted by Gasteiger charge is 2.16. The zero-order chi connectivity index (χ0) is 19.5. The van der Waals surface area contributed by atoms with Gasteiger partial charge in [-0.3, -0.25) is 15.2 Å². The van der Waals surface area contributed by atoms with Crippen LogP contribution >= 0.6 is 11.3 Å². The van der Waals surface area contributed by atoms with Gasteiger partial charge in [0.25, 0.3) is 5.91 Å². The lowest BCUT2D eigenvalue weighted by molar-refractivity contribution is 0.102. The van der Waals surface area contributed by atoms with Crippen molar-refractivity contribution in [1.82, 2.24) is 20.2 Å². The van der Waals surface area contributed by atoms with Crippen LogP contribution < -0.4 is 10.1 Å². The van der Waals surface area contributed by atoms with E-state index in [0.29, 0.717) is 17.3 Å². The van der Waals surface area contributed by atoms with Crippen molar-refractivity contribution < 1.29 is 9.53 Å². The minimum absolute atomic E-state index is 0.177. The fraction of sp³-hybridized carbons (Fsp3) is 0.100. The summed E-state index contributed by atoms with van der Waals surface area (Å²) in [7, 11) is 1.59. The molecule has 0 unspecified atom stereocenters. The monoisotopic (exact) mass is 391 g/mol. The second-order valence-corrected chi connectivity index (χ2v) is 6.92. The Morgan fingerprint density at radius 1 is 1.11 bits per heavy atom. The van der Waals surface area contributed by atoms with E-state index in [1.807, 2.05) is 55.5 Å². The van der Waals surface area contributed by atoms with Gasteiger partial charge in [0.15, 0.2) is 5.82 Å². The summed E-state index contributed by atoms with van der Waals surface area (Å²) in [6.07, 6.45) is 0. The number of para-hydroxylation sites is 1. The number of thiazole rings is 1. The summed E-state index contributed by atoms with van der Waals surface area (Å²) in [6.45, 7) is 2.03. The van der Waals surface area contributed by atoms with Crippen molar-refractivity contribution >= 4 is 23.2 Å². The second-order valence-electron chi connectivity index (χ2n) is 6.07. The van der Waals surface area contributed by atoms with Crippen LogP contribution in [-0.4, -0.2) is 33.2 Å². The maximum absolute atomic E-state index is 12.5. The quantitative estimate of drug-likeness (QED) is 0.533. The Labute approximate surface area is 165 Å². The molecule has 0 radical (unpaired) electrons. The minimum Gasteiger partial charge on any atom is -0.496 e. The van der Waals surface area contributed by atoms with E-state index in [-0.39, 0.29) is 11.9 Å². The molecular weight excluding hydrogens is 374 g/mol. The summed E-state index contributed by atoms with van der Waals surface area (Å²) in [5.41, 5.74) is 3.23. The first-order chi connectivity index (χ1) is 13.6. The lowest BCUT2D eigenvalue weighted by atomic mass is 10.2. The van der Waals surface area contributed by atoms with Crippen LogP contribution in [0.2, 0.25) is 0 Å². The van der Waals surface area contributed by atoms with E-state index < -0.39 is 0 Å². The number of nitrogens with zero attached hydrogens (tertiary/aromatic N) is 3. The van der Waals surface area contributed by atoms with E-state index in [4.69, 9.17) is 4.74 Å². The largest absolute Gasteiger partial charge is 0.496 e. The molecule has 0 saturated heterocycles. The van der Waals surface area contributed by atoms with E-state index in [0.717, 1.165) is 16.1 Å². The fourth-order valence-electron chi connectivity index (χ4n) is 2.65. The maximum atomic E-state index is 12.5. The molecule has 0 aliphatic carbocycles. The number of aromatic nitrogens is 4. The number of aromatic amines is 1. The Hall–Kier alpha value is -3.52. The number of hydrogen-bond donors (Lipinski definition) is 2. The van der Waals surface area contributed by atoms with E-state index >= 15 is 0 Å². The lowest BCUT2D eigenvalue weighted by Crippen LogP contribution is -2.13. The van der Waals surface area contributed by atoms with E-state index in [1.165, 1.54) is 16.9 Å². The molecule has 7 nitrogen and oxygen atoms in total. The first-order valence-corrected chi connectivity index (χ1v) is 9.42. The molecule has 0 bridgehead atoms. The van der Waals surface area contributed by atoms with Crippen molar-refractivity contribution in [2.75, 3.05) is 12.4 Å². The van der Waals surface area contributed by atoms with Crippen LogP contribution in [0.25, 0.3) is 22.0 Å². The highest BCUT2D eigenvalue weighted by atomic mass is 32.1. The molecule has 2 N–H and O–H groups in total. The SMILES string of the molecule is COc1ccccc1-c1nc(NC(=O)c2csc(-c3ccc(C)cc3)n2)n[nH]1. The van der Waals surface area contributed by atoms with Crippen LogP contribution in [0.3, 0.4) is 0 Å². The van der Waals surface area contributed by atoms with Gasteiger partial charge in [-0.25, -0.2) is 4.98 Å². The highest BCUT2D eigenvalue weighted by Crippen LogP contribution is 2.27. The standard InChI is InChI=1S/C20H17N5O2S/c1-12-7-9-13(10-8-12)19-21-15(11-28-19)18(26)23-20-22-17(24-25-20)14-5-3-4-6-16(14)27-2/h3-11H,1-2H3,(H2,22,23,24,25,26). The summed E-state index contributed by atoms with van der Waals surface area (Å²) in [5.74, 6) is 0.987. The summed E-state index contributed by atoms with van der Waals surface area (Å²) < 4.78 is 5.33. The van der Waals surface area contributed by atoms with Gasteiger partial charge in [-0.05, 0) is 19.1 Å². The Bertz CT molecular complexity index is 1120. The Morgan fingerprint density at radius 3 is 2.68 bits per heavy atom. The van der Waals surface area contributed by atoms with Gasteiger partial charge in [0.05, 0.1) is 12.7 Å². The maximum Gasteiger partial charge on any atom is 0.277 e. The Morgan fingerprint density at radius 2 is 1.89 bits per heavy atom. The van der Waals surface area contributed by atoms with Crippen LogP contribution in [0, 0.1) is 6.92 Å². The van der Waals surface area contributed by atoms with Gasteiger partial charge < -0.3 is 4.74 Å². The van der Waals surface area contributed by atoms with Crippen molar-refractivity contribution in [3.8, 4) is 27.7 Å². The molecule has 0 spiro atoms. The number of hydrogen-bond acceptors (Lipinski definition) is 6. The number of rotatable bonds is 5. The van der Waals surface area contributed by atoms with E-state index in [9.17, 15) is 4.79 Å². The van der Waals surface area contributed by atoms with Gasteiger partial charge in [0.2, 0.25) is 5.95 Å². The third kappa shape index (κ3) is 3.63. The van der Waals surface area contributed by atoms with Gasteiger partial charge in [-0.1, -0.05) is 42.0 Å². The van der Waals surface area contributed by atoms with Crippen LogP contribution in [0.4, 0.5) is 5.95 Å². The number of methoxy groups -OCH3 is 1. The number of ether oxygens (including phenoxy) is 1. The number of anilines is 1. The molecule has 1 amide bonds. The van der Waals surface area contributed by atoms with E-state index in [2.05, 4.69) is 25.5 Å². The zero-order valence-corrected chi connectivity index (χ0v) is 16.1. The molecule has 0 aliphatic heterocycles. The molecule has 8 heteroatoms. The summed E-state index contributed by atoms with van der Waals surface area (Å²) in [6, 6.07) is 15.5. The number of H-pyrrole nitrogens is 1. The van der Waals surface area contributed by atoms with Crippen LogP contribution in [-0.2, 0) is 0 Å². The van der Waals surface area contributed by atoms with Gasteiger partial charge in [-0.15, -0.1) is 16.4 Å². The third-order valence-electron chi connectivity index (χ3n) is 4.11. The minimum atomic E-state index is -0.361. The number of benzene rings is 2. The molecule has 28 heavy (non-hydrogen) atoms. The average Bonchev–Trinajstić information content (AvgIpc) is 3.38. The number of amides is 1. The Balaban J connectivity index is 1.50. The summed E-state index contributed by atoms with van der Waals surface area (Å²) in [5, 5.41) is 12.1. The third-order valence-corrected chi connectivity index (χ3v) is 5.00. The summed E-state index contributed by atoms with van der Waals surface area (Å²) in [4.78, 5) is 21.2. The zero-order valence-electron chi connectivity index (χ0n) is 15.3. The highest BCUT2D eigenvalue weighted by molar-refractivity contribution is 7.13. The fourth-order valence-corrected chi connectivity index (χ4v) is 3.46. The van der Waals surface area contributed by atoms with Crippen LogP contribution in [0.15, 0.2) is 53.9 Å². The molecule has 0 atom stereocenters. The number of nitrogens with one attached hydrogen (secondary N) is 2. The smallest absolute Gasteiger partial charge is 0.277 e. The van der Waals surface area contributed by atoms with Gasteiger partial charge in [0, 0.05) is 10.9 Å². The number of carbonyl (C=O) groups is 1. The number of carbonyl (C=O) groups excluding carboxylic acids is 1. The van der Waals surface area contributed by atoms with Crippen molar-refractivity contribution in [2.45, 2.75) is 6.92 Å². The molecular formula is C20H17N5O2S. The molecule has 0 aliphatic rings. The van der Waals surface area contributed by atoms with Crippen LogP contribution in [0.1, 0.15) is 16.1 Å². The molecule has 2 aromatic heterocycles. The molecule has 0 fully saturated rings. The molecule has 2 aromatic carbocycles. The molecule has 4 aromatic rings. The molecule has 0 saturated carbocycles. The van der Waals surface area contributed by atoms with Crippen molar-refractivity contribution in [3.63, 3.8) is 0 Å². The normalized spacial score (nSPS) is 10.6. The lowest BCUT2D eigenvalue weighted by Gasteiger charge is -2.04. The predicted molar refractivity (Wildman–Crippen MR) is 109 cm³/mol. The molecule has 2 heterocycles. The van der Waals surface area contributed by atoms with Gasteiger partial charge >= 0.3 is 0 Å². The molecule has 4 rings (SSSR count). The van der Waals surface area contributed by atoms with E-state index in [1.54, 1.807) is 12.5 Å². The Kier molecular flexibility index (Phi) is 4.86. The van der Waals surface area contributed by atoms with Crippen molar-refractivity contribution in [1.29, 1.82) is 0 Å². The first-order valence-electron chi connectivity index (χ1n) is 8.54. The second kappa shape index (κ2) is 7.61. The first kappa shape index (κ1) is 17.9. The predicted octanol–water partition coefficient (Wildman–Crippen LogP) is 4.16. The average molecular weight is 391 g/mol. The summed E-state index contributed by atoms with van der Waals surface area (Å²) >= 11 is 1.42. The van der Waals surface area contributed by atoms with Gasteiger partial charge in [0.1, 0.15) is 16.5 Å². The van der Waals surface area contributed by atoms with Crippen LogP contribution in [0.5, 0.6) is 5.75 Å². The number of aryl methyl sites for hydroxylation is 1.